The zero-order valence-corrected chi connectivity index (χ0v) is 12.8. The molecule has 20 heavy (non-hydrogen) atoms. The van der Waals surface area contributed by atoms with Crippen molar-refractivity contribution in [2.24, 2.45) is 5.41 Å². The van der Waals surface area contributed by atoms with Gasteiger partial charge in [-0.2, -0.15) is 0 Å². The maximum atomic E-state index is 5.31. The normalized spacial score (nSPS) is 26.9. The lowest BCUT2D eigenvalue weighted by Crippen LogP contribution is -2.42. The van der Waals surface area contributed by atoms with Gasteiger partial charge >= 0.3 is 0 Å². The zero-order valence-electron chi connectivity index (χ0n) is 12.8. The van der Waals surface area contributed by atoms with Crippen LogP contribution in [0.15, 0.2) is 24.3 Å². The summed E-state index contributed by atoms with van der Waals surface area (Å²) in [5, 5.41) is 3.80. The molecule has 2 heteroatoms. The summed E-state index contributed by atoms with van der Waals surface area (Å²) in [4.78, 5) is 0. The minimum Gasteiger partial charge on any atom is -0.497 e. The third-order valence-electron chi connectivity index (χ3n) is 5.21. The van der Waals surface area contributed by atoms with E-state index in [2.05, 4.69) is 30.4 Å². The van der Waals surface area contributed by atoms with E-state index in [-0.39, 0.29) is 0 Å². The molecule has 0 bridgehead atoms. The molecular weight excluding hydrogens is 246 g/mol. The Morgan fingerprint density at radius 3 is 2.75 bits per heavy atom. The van der Waals surface area contributed by atoms with Crippen molar-refractivity contribution in [3.8, 4) is 5.75 Å². The fourth-order valence-corrected chi connectivity index (χ4v) is 3.54. The van der Waals surface area contributed by atoms with E-state index in [0.29, 0.717) is 5.41 Å². The molecule has 0 heterocycles. The summed E-state index contributed by atoms with van der Waals surface area (Å²) in [5.74, 6) is 1.71. The second-order valence-corrected chi connectivity index (χ2v) is 6.77. The standard InChI is InChI=1S/C18H27NO/c1-3-7-18(8-9-18)13-19-16-10-15(11-16)14-5-4-6-17(12-14)20-2/h4-6,12,15-16,19H,3,7-11,13H2,1-2H3. The van der Waals surface area contributed by atoms with Crippen molar-refractivity contribution in [2.45, 2.75) is 57.4 Å². The molecule has 0 aromatic heterocycles. The highest BCUT2D eigenvalue weighted by atomic mass is 16.5. The molecule has 110 valence electrons. The molecule has 2 fully saturated rings. The van der Waals surface area contributed by atoms with Crippen molar-refractivity contribution in [1.29, 1.82) is 0 Å². The van der Waals surface area contributed by atoms with Crippen LogP contribution in [0.4, 0.5) is 0 Å². The van der Waals surface area contributed by atoms with Gasteiger partial charge in [-0.3, -0.25) is 0 Å². The second kappa shape index (κ2) is 5.77. The van der Waals surface area contributed by atoms with Crippen molar-refractivity contribution in [1.82, 2.24) is 5.32 Å². The summed E-state index contributed by atoms with van der Waals surface area (Å²) in [7, 11) is 1.74. The molecular formula is C18H27NO. The summed E-state index contributed by atoms with van der Waals surface area (Å²) in [6.45, 7) is 3.55. The molecule has 0 aliphatic heterocycles. The van der Waals surface area contributed by atoms with Crippen molar-refractivity contribution in [2.75, 3.05) is 13.7 Å². The van der Waals surface area contributed by atoms with Crippen LogP contribution in [0.3, 0.4) is 0 Å². The van der Waals surface area contributed by atoms with Crippen LogP contribution >= 0.6 is 0 Å². The van der Waals surface area contributed by atoms with Gasteiger partial charge in [-0.05, 0) is 61.1 Å². The molecule has 0 radical (unpaired) electrons. The van der Waals surface area contributed by atoms with Gasteiger partial charge in [0.15, 0.2) is 0 Å². The number of nitrogens with one attached hydrogen (secondary N) is 1. The lowest BCUT2D eigenvalue weighted by atomic mass is 9.75. The van der Waals surface area contributed by atoms with Crippen LogP contribution in [0, 0.1) is 5.41 Å². The first-order valence-electron chi connectivity index (χ1n) is 8.12. The van der Waals surface area contributed by atoms with Gasteiger partial charge < -0.3 is 10.1 Å². The van der Waals surface area contributed by atoms with Crippen LogP contribution in [0.5, 0.6) is 5.75 Å². The van der Waals surface area contributed by atoms with Gasteiger partial charge in [-0.25, -0.2) is 0 Å². The minimum absolute atomic E-state index is 0.676. The Kier molecular flexibility index (Phi) is 4.02. The quantitative estimate of drug-likeness (QED) is 0.807. The van der Waals surface area contributed by atoms with E-state index in [1.165, 1.54) is 50.6 Å². The molecule has 2 aliphatic carbocycles. The van der Waals surface area contributed by atoms with Gasteiger partial charge in [0.05, 0.1) is 7.11 Å². The van der Waals surface area contributed by atoms with Crippen LogP contribution in [-0.2, 0) is 0 Å². The molecule has 0 amide bonds. The molecule has 2 saturated carbocycles. The molecule has 0 atom stereocenters. The van der Waals surface area contributed by atoms with E-state index in [1.807, 2.05) is 6.07 Å². The van der Waals surface area contributed by atoms with Crippen molar-refractivity contribution < 1.29 is 4.74 Å². The van der Waals surface area contributed by atoms with Crippen molar-refractivity contribution in [3.05, 3.63) is 29.8 Å². The van der Waals surface area contributed by atoms with Crippen molar-refractivity contribution >= 4 is 0 Å². The van der Waals surface area contributed by atoms with Crippen LogP contribution in [-0.4, -0.2) is 19.7 Å². The predicted octanol–water partition coefficient (Wildman–Crippen LogP) is 4.11. The topological polar surface area (TPSA) is 21.3 Å². The number of rotatable bonds is 7. The Labute approximate surface area is 122 Å². The fourth-order valence-electron chi connectivity index (χ4n) is 3.54. The van der Waals surface area contributed by atoms with E-state index < -0.39 is 0 Å². The second-order valence-electron chi connectivity index (χ2n) is 6.77. The maximum absolute atomic E-state index is 5.31. The Morgan fingerprint density at radius 2 is 2.10 bits per heavy atom. The number of hydrogen-bond acceptors (Lipinski definition) is 2. The first-order chi connectivity index (χ1) is 9.74. The Morgan fingerprint density at radius 1 is 1.30 bits per heavy atom. The van der Waals surface area contributed by atoms with Crippen molar-refractivity contribution in [3.63, 3.8) is 0 Å². The number of benzene rings is 1. The lowest BCUT2D eigenvalue weighted by molar-refractivity contribution is 0.265. The Balaban J connectivity index is 1.44. The highest BCUT2D eigenvalue weighted by Gasteiger charge is 2.42. The van der Waals surface area contributed by atoms with E-state index in [1.54, 1.807) is 7.11 Å². The van der Waals surface area contributed by atoms with E-state index in [0.717, 1.165) is 17.7 Å². The van der Waals surface area contributed by atoms with Gasteiger partial charge in [0, 0.05) is 12.6 Å². The first-order valence-corrected chi connectivity index (χ1v) is 8.12. The molecule has 0 saturated heterocycles. The maximum Gasteiger partial charge on any atom is 0.119 e. The zero-order chi connectivity index (χ0) is 14.0. The van der Waals surface area contributed by atoms with Crippen LogP contribution in [0.25, 0.3) is 0 Å². The lowest BCUT2D eigenvalue weighted by Gasteiger charge is -2.37. The van der Waals surface area contributed by atoms with Gasteiger partial charge in [-0.15, -0.1) is 0 Å². The highest BCUT2D eigenvalue weighted by Crippen LogP contribution is 2.49. The first kappa shape index (κ1) is 13.9. The third-order valence-corrected chi connectivity index (χ3v) is 5.21. The average molecular weight is 273 g/mol. The van der Waals surface area contributed by atoms with Crippen LogP contribution < -0.4 is 10.1 Å². The molecule has 1 aromatic rings. The Bertz CT molecular complexity index is 446. The van der Waals surface area contributed by atoms with Crippen LogP contribution in [0.2, 0.25) is 0 Å². The SMILES string of the molecule is CCCC1(CNC2CC(c3cccc(OC)c3)C2)CC1. The molecule has 1 N–H and O–H groups in total. The van der Waals surface area contributed by atoms with Gasteiger partial charge in [0.25, 0.3) is 0 Å². The summed E-state index contributed by atoms with van der Waals surface area (Å²) in [5.41, 5.74) is 2.12. The fraction of sp³-hybridized carbons (Fsp3) is 0.667. The number of ether oxygens (including phenoxy) is 1. The minimum atomic E-state index is 0.676. The summed E-state index contributed by atoms with van der Waals surface area (Å²) in [6.07, 6.45) is 8.20. The molecule has 0 unspecified atom stereocenters. The molecule has 2 nitrogen and oxygen atoms in total. The average Bonchev–Trinajstić information content (AvgIpc) is 3.18. The summed E-state index contributed by atoms with van der Waals surface area (Å²) >= 11 is 0. The largest absolute Gasteiger partial charge is 0.497 e. The van der Waals surface area contributed by atoms with Gasteiger partial charge in [0.2, 0.25) is 0 Å². The predicted molar refractivity (Wildman–Crippen MR) is 83.3 cm³/mol. The van der Waals surface area contributed by atoms with Crippen LogP contribution in [0.1, 0.15) is 56.9 Å². The summed E-state index contributed by atoms with van der Waals surface area (Å²) < 4.78 is 5.31. The van der Waals surface area contributed by atoms with E-state index >= 15 is 0 Å². The van der Waals surface area contributed by atoms with Gasteiger partial charge in [0.1, 0.15) is 5.75 Å². The highest BCUT2D eigenvalue weighted by molar-refractivity contribution is 5.32. The monoisotopic (exact) mass is 273 g/mol. The number of methoxy groups -OCH3 is 1. The third kappa shape index (κ3) is 3.01. The number of hydrogen-bond donors (Lipinski definition) is 1. The molecule has 3 rings (SSSR count). The Hall–Kier alpha value is -1.02. The molecule has 2 aliphatic rings. The smallest absolute Gasteiger partial charge is 0.119 e. The summed E-state index contributed by atoms with van der Waals surface area (Å²) in [6, 6.07) is 9.30. The molecule has 0 spiro atoms. The molecule has 1 aromatic carbocycles. The van der Waals surface area contributed by atoms with E-state index in [9.17, 15) is 0 Å². The van der Waals surface area contributed by atoms with Gasteiger partial charge in [-0.1, -0.05) is 25.5 Å². The van der Waals surface area contributed by atoms with E-state index in [4.69, 9.17) is 4.74 Å².